The Labute approximate surface area is 168 Å². The Hall–Kier alpha value is -1.09. The van der Waals surface area contributed by atoms with Crippen molar-refractivity contribution < 1.29 is 9.90 Å². The molecule has 27 heavy (non-hydrogen) atoms. The first-order chi connectivity index (χ1) is 13.0. The fraction of sp³-hybridized carbons (Fsp3) is 0.792. The van der Waals surface area contributed by atoms with Crippen molar-refractivity contribution in [1.82, 2.24) is 4.90 Å². The average molecular weight is 380 g/mol. The largest absolute Gasteiger partial charge is 0.480 e. The van der Waals surface area contributed by atoms with Crippen molar-refractivity contribution in [2.45, 2.75) is 91.9 Å². The van der Waals surface area contributed by atoms with Gasteiger partial charge in [0.15, 0.2) is 0 Å². The number of hydrogen-bond acceptors (Lipinski definition) is 2. The van der Waals surface area contributed by atoms with Crippen LogP contribution in [0.3, 0.4) is 0 Å². The maximum Gasteiger partial charge on any atom is 0.317 e. The van der Waals surface area contributed by atoms with E-state index in [9.17, 15) is 9.90 Å². The Bertz CT molecular complexity index is 373. The summed E-state index contributed by atoms with van der Waals surface area (Å²) in [6.07, 6.45) is 21.7. The van der Waals surface area contributed by atoms with Gasteiger partial charge in [-0.1, -0.05) is 90.5 Å². The lowest BCUT2D eigenvalue weighted by molar-refractivity contribution is -0.138. The molecule has 0 fully saturated rings. The van der Waals surface area contributed by atoms with Crippen molar-refractivity contribution in [3.63, 3.8) is 0 Å². The highest BCUT2D eigenvalue weighted by Crippen LogP contribution is 2.10. The van der Waals surface area contributed by atoms with Gasteiger partial charge in [-0.15, -0.1) is 0 Å². The summed E-state index contributed by atoms with van der Waals surface area (Å²) in [4.78, 5) is 13.3. The number of unbranched alkanes of at least 4 members (excludes halogenated alkanes) is 8. The monoisotopic (exact) mass is 379 g/mol. The number of carboxylic acids is 1. The van der Waals surface area contributed by atoms with Crippen molar-refractivity contribution in [1.29, 1.82) is 0 Å². The van der Waals surface area contributed by atoms with Crippen molar-refractivity contribution >= 4 is 5.97 Å². The Kier molecular flexibility index (Phi) is 17.5. The number of aliphatic carboxylic acids is 1. The van der Waals surface area contributed by atoms with Crippen molar-refractivity contribution in [3.8, 4) is 0 Å². The molecule has 0 bridgehead atoms. The molecular weight excluding hydrogens is 334 g/mol. The topological polar surface area (TPSA) is 40.5 Å². The second-order valence-electron chi connectivity index (χ2n) is 8.10. The van der Waals surface area contributed by atoms with Crippen LogP contribution in [0.15, 0.2) is 24.3 Å². The Morgan fingerprint density at radius 1 is 0.815 bits per heavy atom. The lowest BCUT2D eigenvalue weighted by Gasteiger charge is -2.25. The van der Waals surface area contributed by atoms with Crippen LogP contribution < -0.4 is 0 Å². The summed E-state index contributed by atoms with van der Waals surface area (Å²) in [5, 5.41) is 9.23. The van der Waals surface area contributed by atoms with Gasteiger partial charge >= 0.3 is 5.97 Å². The molecule has 0 radical (unpaired) electrons. The van der Waals surface area contributed by atoms with Gasteiger partial charge in [-0.05, 0) is 37.5 Å². The summed E-state index contributed by atoms with van der Waals surface area (Å²) >= 11 is 0. The molecule has 0 heterocycles. The van der Waals surface area contributed by atoms with Crippen LogP contribution in [0.25, 0.3) is 0 Å². The smallest absolute Gasteiger partial charge is 0.317 e. The number of carbonyl (C=O) groups is 1. The normalized spacial score (nSPS) is 14.4. The van der Waals surface area contributed by atoms with E-state index in [1.54, 1.807) is 0 Å². The number of allylic oxidation sites excluding steroid dienone is 2. The second kappa shape index (κ2) is 18.3. The molecule has 3 heteroatoms. The summed E-state index contributed by atoms with van der Waals surface area (Å²) in [7, 11) is 0. The van der Waals surface area contributed by atoms with Gasteiger partial charge in [-0.3, -0.25) is 9.69 Å². The van der Waals surface area contributed by atoms with Gasteiger partial charge in [0.1, 0.15) is 0 Å². The van der Waals surface area contributed by atoms with Gasteiger partial charge in [0, 0.05) is 13.1 Å². The van der Waals surface area contributed by atoms with E-state index in [0.29, 0.717) is 11.8 Å². The molecule has 0 aromatic heterocycles. The molecule has 2 atom stereocenters. The van der Waals surface area contributed by atoms with E-state index in [2.05, 4.69) is 56.9 Å². The zero-order valence-electron chi connectivity index (χ0n) is 18.5. The van der Waals surface area contributed by atoms with Crippen LogP contribution in [-0.2, 0) is 4.79 Å². The lowest BCUT2D eigenvalue weighted by atomic mass is 10.1. The summed E-state index contributed by atoms with van der Waals surface area (Å²) in [6, 6.07) is 0. The highest BCUT2D eigenvalue weighted by molar-refractivity contribution is 5.69. The van der Waals surface area contributed by atoms with Crippen LogP contribution in [0.1, 0.15) is 91.9 Å². The van der Waals surface area contributed by atoms with Gasteiger partial charge in [0.05, 0.1) is 6.54 Å². The van der Waals surface area contributed by atoms with Crippen LogP contribution in [0.5, 0.6) is 0 Å². The zero-order valence-corrected chi connectivity index (χ0v) is 18.5. The van der Waals surface area contributed by atoms with E-state index >= 15 is 0 Å². The molecule has 0 aliphatic rings. The van der Waals surface area contributed by atoms with E-state index < -0.39 is 5.97 Å². The third-order valence-corrected chi connectivity index (χ3v) is 4.83. The first-order valence-corrected chi connectivity index (χ1v) is 11.3. The molecule has 0 aliphatic carbocycles. The number of carboxylic acid groups (broad SMARTS) is 1. The Balaban J connectivity index is 4.25. The molecular formula is C24H45NO2. The second-order valence-corrected chi connectivity index (χ2v) is 8.10. The third kappa shape index (κ3) is 18.1. The van der Waals surface area contributed by atoms with Crippen LogP contribution in [0.2, 0.25) is 0 Å². The molecule has 3 nitrogen and oxygen atoms in total. The highest BCUT2D eigenvalue weighted by atomic mass is 16.4. The minimum Gasteiger partial charge on any atom is -0.480 e. The predicted octanol–water partition coefficient (Wildman–Crippen LogP) is 6.70. The van der Waals surface area contributed by atoms with E-state index in [1.807, 2.05) is 0 Å². The molecule has 0 amide bonds. The molecule has 0 rings (SSSR count). The summed E-state index contributed by atoms with van der Waals surface area (Å²) in [5.74, 6) is 0.0444. The lowest BCUT2D eigenvalue weighted by Crippen LogP contribution is -2.36. The minimum atomic E-state index is -0.735. The number of hydrogen-bond donors (Lipinski definition) is 1. The Morgan fingerprint density at radius 2 is 1.26 bits per heavy atom. The van der Waals surface area contributed by atoms with Crippen LogP contribution in [0.4, 0.5) is 0 Å². The molecule has 0 saturated heterocycles. The van der Waals surface area contributed by atoms with Gasteiger partial charge in [0.2, 0.25) is 0 Å². The van der Waals surface area contributed by atoms with Crippen molar-refractivity contribution in [2.24, 2.45) is 11.8 Å². The van der Waals surface area contributed by atoms with Gasteiger partial charge in [-0.2, -0.15) is 0 Å². The molecule has 0 aliphatic heterocycles. The number of nitrogens with zero attached hydrogens (tertiary/aromatic N) is 1. The molecule has 158 valence electrons. The fourth-order valence-corrected chi connectivity index (χ4v) is 3.37. The van der Waals surface area contributed by atoms with Gasteiger partial charge < -0.3 is 5.11 Å². The molecule has 0 aromatic carbocycles. The molecule has 0 spiro atoms. The molecule has 2 unspecified atom stereocenters. The van der Waals surface area contributed by atoms with Crippen LogP contribution >= 0.6 is 0 Å². The quantitative estimate of drug-likeness (QED) is 0.213. The number of rotatable bonds is 18. The van der Waals surface area contributed by atoms with Crippen LogP contribution in [0, 0.1) is 11.8 Å². The van der Waals surface area contributed by atoms with Crippen molar-refractivity contribution in [3.05, 3.63) is 24.3 Å². The standard InChI is InChI=1S/C24H45NO2/c1-5-7-9-11-13-15-17-22(3)19-25(21-24(26)27)20-23(4)18-16-14-12-10-8-6-2/h15-18,22-23H,5-14,19-21H2,1-4H3,(H,26,27)/b17-15+,18-16+. The molecule has 0 aromatic rings. The first-order valence-electron chi connectivity index (χ1n) is 11.3. The third-order valence-electron chi connectivity index (χ3n) is 4.83. The predicted molar refractivity (Wildman–Crippen MR) is 118 cm³/mol. The van der Waals surface area contributed by atoms with Gasteiger partial charge in [-0.25, -0.2) is 0 Å². The average Bonchev–Trinajstić information content (AvgIpc) is 2.60. The van der Waals surface area contributed by atoms with E-state index in [-0.39, 0.29) is 6.54 Å². The maximum absolute atomic E-state index is 11.2. The van der Waals surface area contributed by atoms with E-state index in [1.165, 1.54) is 51.4 Å². The van der Waals surface area contributed by atoms with E-state index in [0.717, 1.165) is 25.9 Å². The van der Waals surface area contributed by atoms with Crippen LogP contribution in [-0.4, -0.2) is 35.6 Å². The van der Waals surface area contributed by atoms with E-state index in [4.69, 9.17) is 0 Å². The van der Waals surface area contributed by atoms with Gasteiger partial charge in [0.25, 0.3) is 0 Å². The summed E-state index contributed by atoms with van der Waals surface area (Å²) < 4.78 is 0. The minimum absolute atomic E-state index is 0.128. The summed E-state index contributed by atoms with van der Waals surface area (Å²) in [6.45, 7) is 10.6. The molecule has 0 saturated carbocycles. The molecule has 1 N–H and O–H groups in total. The summed E-state index contributed by atoms with van der Waals surface area (Å²) in [5.41, 5.74) is 0. The highest BCUT2D eigenvalue weighted by Gasteiger charge is 2.14. The Morgan fingerprint density at radius 3 is 1.63 bits per heavy atom. The SMILES string of the molecule is CCCCCC/C=C/C(C)CN(CC(=O)O)CC(C)/C=C/CCCCCC. The fourth-order valence-electron chi connectivity index (χ4n) is 3.37. The maximum atomic E-state index is 11.2. The zero-order chi connectivity index (χ0) is 20.3. The van der Waals surface area contributed by atoms with Crippen molar-refractivity contribution in [2.75, 3.05) is 19.6 Å². The first kappa shape index (κ1) is 25.9.